The van der Waals surface area contributed by atoms with Crippen LogP contribution < -0.4 is 20.1 Å². The number of ether oxygens (including phenoxy) is 11. The van der Waals surface area contributed by atoms with Crippen molar-refractivity contribution in [3.63, 3.8) is 0 Å². The molecule has 86 heavy (non-hydrogen) atoms. The maximum absolute atomic E-state index is 13.1. The Hall–Kier alpha value is -6.52. The Morgan fingerprint density at radius 3 is 1.48 bits per heavy atom. The Morgan fingerprint density at radius 1 is 0.500 bits per heavy atom. The lowest BCUT2D eigenvalue weighted by atomic mass is 9.95. The molecule has 4 heterocycles. The highest BCUT2D eigenvalue weighted by Gasteiger charge is 2.56. The van der Waals surface area contributed by atoms with Crippen molar-refractivity contribution >= 4 is 42.0 Å². The quantitative estimate of drug-likeness (QED) is 0.0240. The van der Waals surface area contributed by atoms with Crippen LogP contribution >= 0.6 is 0 Å². The number of unbranched alkanes of at least 4 members (excludes halogenated alkanes) is 1. The molecular formula is C58H74N2O26. The maximum atomic E-state index is 13.1. The van der Waals surface area contributed by atoms with Crippen LogP contribution in [-0.2, 0) is 61.8 Å². The van der Waals surface area contributed by atoms with Crippen LogP contribution in [0.4, 0.5) is 0 Å². The highest BCUT2D eigenvalue weighted by atomic mass is 16.8. The summed E-state index contributed by atoms with van der Waals surface area (Å²) in [6.07, 6.45) is -28.2. The molecule has 0 spiro atoms. The van der Waals surface area contributed by atoms with Gasteiger partial charge in [-0.25, -0.2) is 9.59 Å². The second-order valence-electron chi connectivity index (χ2n) is 20.5. The van der Waals surface area contributed by atoms with Gasteiger partial charge in [-0.15, -0.1) is 0 Å². The normalized spacial score (nSPS) is 33.1. The Bertz CT molecular complexity index is 2730. The predicted molar refractivity (Wildman–Crippen MR) is 294 cm³/mol. The number of phenolic OH excluding ortho intramolecular Hbond substituents is 1. The lowest BCUT2D eigenvalue weighted by molar-refractivity contribution is -0.390. The molecule has 20 atom stereocenters. The minimum absolute atomic E-state index is 0.00723. The topological polar surface area (TPSA) is 416 Å². The van der Waals surface area contributed by atoms with Gasteiger partial charge in [-0.3, -0.25) is 9.59 Å². The zero-order valence-corrected chi connectivity index (χ0v) is 46.9. The van der Waals surface area contributed by atoms with Crippen molar-refractivity contribution in [2.24, 2.45) is 0 Å². The van der Waals surface area contributed by atoms with Crippen molar-refractivity contribution in [3.05, 3.63) is 108 Å². The average Bonchev–Trinajstić information content (AvgIpc) is 1.56. The van der Waals surface area contributed by atoms with E-state index in [0.29, 0.717) is 48.4 Å². The van der Waals surface area contributed by atoms with E-state index < -0.39 is 155 Å². The summed E-state index contributed by atoms with van der Waals surface area (Å²) in [5.41, 5.74) is 1.68. The third-order valence-electron chi connectivity index (χ3n) is 14.2. The molecule has 0 unspecified atom stereocenters. The second kappa shape index (κ2) is 31.9. The molecule has 28 nitrogen and oxygen atoms in total. The van der Waals surface area contributed by atoms with Crippen molar-refractivity contribution in [2.45, 2.75) is 150 Å². The van der Waals surface area contributed by atoms with Gasteiger partial charge in [0.15, 0.2) is 25.0 Å². The number of benzene rings is 3. The number of esters is 2. The SMILES string of the molecule is COc1ccc(C=CC(=O)OC[C@H]2O[C@@H](O[C@H]3[C@H](Oc4ccc(C=CC(=O)NCCCCNC(C)=O)cc4)O[C@@H](C)[C@H](O)[C@H]3O)[C@H](O)[C@@H](O[C@@H]3O[C@H](CO)[C@@H](O)[C@H](O[C@@H]4O[C@H](COC(=O)C=Cc5ccc(O)cc5)[C@@H](O)[C@H](O)[C@H]4O)[C@H]3O)[C@@H]2O)cc1. The van der Waals surface area contributed by atoms with E-state index in [2.05, 4.69) is 10.6 Å². The zero-order chi connectivity index (χ0) is 62.2. The molecule has 3 aromatic carbocycles. The second-order valence-corrected chi connectivity index (χ2v) is 20.5. The number of rotatable bonds is 25. The van der Waals surface area contributed by atoms with Crippen molar-refractivity contribution in [1.82, 2.24) is 10.6 Å². The van der Waals surface area contributed by atoms with Crippen LogP contribution in [0.2, 0.25) is 0 Å². The van der Waals surface area contributed by atoms with Crippen LogP contribution in [0.3, 0.4) is 0 Å². The largest absolute Gasteiger partial charge is 0.508 e. The summed E-state index contributed by atoms with van der Waals surface area (Å²) in [6, 6.07) is 18.7. The van der Waals surface area contributed by atoms with Gasteiger partial charge in [-0.2, -0.15) is 0 Å². The van der Waals surface area contributed by atoms with Gasteiger partial charge in [0.1, 0.15) is 116 Å². The Kier molecular flexibility index (Phi) is 24.9. The van der Waals surface area contributed by atoms with Gasteiger partial charge in [0, 0.05) is 38.2 Å². The number of nitrogens with one attached hydrogen (secondary N) is 2. The first-order valence-electron chi connectivity index (χ1n) is 27.6. The van der Waals surface area contributed by atoms with Gasteiger partial charge in [-0.1, -0.05) is 36.4 Å². The number of aliphatic hydroxyl groups excluding tert-OH is 10. The number of amides is 2. The lowest BCUT2D eigenvalue weighted by Crippen LogP contribution is -2.67. The highest BCUT2D eigenvalue weighted by molar-refractivity contribution is 5.91. The number of phenols is 1. The summed E-state index contributed by atoms with van der Waals surface area (Å²) in [5, 5.41) is 128. The summed E-state index contributed by atoms with van der Waals surface area (Å²) in [7, 11) is 1.48. The number of hydrogen-bond donors (Lipinski definition) is 13. The fraction of sp³-hybridized carbons (Fsp3) is 0.517. The van der Waals surface area contributed by atoms with Gasteiger partial charge in [0.25, 0.3) is 0 Å². The van der Waals surface area contributed by atoms with E-state index in [0.717, 1.165) is 12.2 Å². The zero-order valence-electron chi connectivity index (χ0n) is 46.9. The van der Waals surface area contributed by atoms with Gasteiger partial charge < -0.3 is 119 Å². The first-order valence-corrected chi connectivity index (χ1v) is 27.6. The van der Waals surface area contributed by atoms with E-state index in [4.69, 9.17) is 52.1 Å². The Balaban J connectivity index is 1.07. The molecule has 0 radical (unpaired) electrons. The molecule has 0 saturated carbocycles. The van der Waals surface area contributed by atoms with Gasteiger partial charge in [-0.05, 0) is 91.1 Å². The monoisotopic (exact) mass is 1210 g/mol. The lowest BCUT2D eigenvalue weighted by Gasteiger charge is -2.49. The predicted octanol–water partition coefficient (Wildman–Crippen LogP) is -2.35. The third-order valence-corrected chi connectivity index (χ3v) is 14.2. The number of carbonyl (C=O) groups excluding carboxylic acids is 4. The Labute approximate surface area is 493 Å². The average molecular weight is 1220 g/mol. The number of methoxy groups -OCH3 is 1. The fourth-order valence-corrected chi connectivity index (χ4v) is 9.31. The minimum Gasteiger partial charge on any atom is -0.508 e. The van der Waals surface area contributed by atoms with Gasteiger partial charge >= 0.3 is 11.9 Å². The molecule has 3 aromatic rings. The van der Waals surface area contributed by atoms with E-state index in [1.54, 1.807) is 42.5 Å². The fourth-order valence-electron chi connectivity index (χ4n) is 9.31. The summed E-state index contributed by atoms with van der Waals surface area (Å²) in [4.78, 5) is 49.2. The number of carbonyl (C=O) groups is 4. The van der Waals surface area contributed by atoms with E-state index in [-0.39, 0.29) is 23.3 Å². The van der Waals surface area contributed by atoms with E-state index in [1.807, 2.05) is 0 Å². The molecular weight excluding hydrogens is 1140 g/mol. The van der Waals surface area contributed by atoms with E-state index in [9.17, 15) is 75.3 Å². The molecule has 28 heteroatoms. The van der Waals surface area contributed by atoms with Crippen molar-refractivity contribution in [2.75, 3.05) is 40.0 Å². The molecule has 2 amide bonds. The molecule has 4 aliphatic rings. The van der Waals surface area contributed by atoms with Crippen molar-refractivity contribution in [1.29, 1.82) is 0 Å². The first kappa shape index (κ1) is 67.0. The third kappa shape index (κ3) is 18.3. The van der Waals surface area contributed by atoms with Gasteiger partial charge in [0.2, 0.25) is 18.1 Å². The number of aromatic hydroxyl groups is 1. The molecule has 0 aliphatic carbocycles. The smallest absolute Gasteiger partial charge is 0.330 e. The standard InChI is InChI=1S/C58H74N2O26/c1-29-43(67)48(72)54(58(79-29)80-36-19-10-32(11-20-36)12-21-40(64)60-25-5-4-24-59-30(2)62)86-57-51(75)53(46(70)39(83-57)28-78-42(66)23-14-33-8-17-35(76-3)18-9-33)85-56-50(74)52(45(69)37(26-61)81-56)84-55-49(73)47(71)44(68)38(82-55)27-77-41(65)22-13-31-6-15-34(63)16-7-31/h6-23,29,37-39,43-58,61,63,67-75H,4-5,24-28H2,1-3H3,(H,59,62)(H,60,64)/t29-,37+,38+,39+,43-,44+,45+,46+,47-,48+,49+,50+,51+,52-,53-,54+,55-,56-,57-,58-/m0/s1. The van der Waals surface area contributed by atoms with Crippen LogP contribution in [0.1, 0.15) is 43.4 Å². The van der Waals surface area contributed by atoms with Crippen LogP contribution in [0, 0.1) is 0 Å². The molecule has 4 saturated heterocycles. The summed E-state index contributed by atoms with van der Waals surface area (Å²) < 4.78 is 63.3. The van der Waals surface area contributed by atoms with E-state index >= 15 is 0 Å². The maximum Gasteiger partial charge on any atom is 0.330 e. The van der Waals surface area contributed by atoms with E-state index in [1.165, 1.54) is 75.6 Å². The molecule has 0 aromatic heterocycles. The molecule has 4 fully saturated rings. The minimum atomic E-state index is -2.20. The van der Waals surface area contributed by atoms with Crippen LogP contribution in [0.5, 0.6) is 17.2 Å². The Morgan fingerprint density at radius 2 is 0.953 bits per heavy atom. The molecule has 0 bridgehead atoms. The first-order chi connectivity index (χ1) is 41.1. The van der Waals surface area contributed by atoms with Crippen LogP contribution in [0.15, 0.2) is 91.0 Å². The summed E-state index contributed by atoms with van der Waals surface area (Å²) in [5.74, 6) is -1.67. The molecule has 13 N–H and O–H groups in total. The molecule has 4 aliphatic heterocycles. The van der Waals surface area contributed by atoms with Crippen LogP contribution in [-0.4, -0.2) is 243 Å². The molecule has 7 rings (SSSR count). The summed E-state index contributed by atoms with van der Waals surface area (Å²) >= 11 is 0. The van der Waals surface area contributed by atoms with Crippen LogP contribution in [0.25, 0.3) is 18.2 Å². The number of hydrogen-bond acceptors (Lipinski definition) is 26. The van der Waals surface area contributed by atoms with Crippen molar-refractivity contribution < 1.29 is 127 Å². The molecule has 472 valence electrons. The van der Waals surface area contributed by atoms with Crippen molar-refractivity contribution in [3.8, 4) is 17.2 Å². The summed E-state index contributed by atoms with van der Waals surface area (Å²) in [6.45, 7) is 1.24. The van der Waals surface area contributed by atoms with Gasteiger partial charge in [0.05, 0.1) is 19.8 Å². The highest BCUT2D eigenvalue weighted by Crippen LogP contribution is 2.36. The number of aliphatic hydroxyl groups is 10.